The lowest BCUT2D eigenvalue weighted by atomic mass is 10.0. The normalized spacial score (nSPS) is 18.2. The van der Waals surface area contributed by atoms with Gasteiger partial charge in [-0.2, -0.15) is 11.8 Å². The van der Waals surface area contributed by atoms with Crippen LogP contribution >= 0.6 is 24.2 Å². The molecule has 2 atom stereocenters. The van der Waals surface area contributed by atoms with Gasteiger partial charge >= 0.3 is 0 Å². The Hall–Kier alpha value is -1.24. The van der Waals surface area contributed by atoms with Crippen molar-refractivity contribution in [3.8, 4) is 0 Å². The number of nitrogens with one attached hydrogen (secondary N) is 2. The van der Waals surface area contributed by atoms with Crippen molar-refractivity contribution in [1.29, 1.82) is 0 Å². The van der Waals surface area contributed by atoms with E-state index in [-0.39, 0.29) is 30.3 Å². The Morgan fingerprint density at radius 3 is 2.62 bits per heavy atom. The maximum atomic E-state index is 12.4. The number of rotatable bonds is 6. The molecule has 1 saturated heterocycles. The highest BCUT2D eigenvalue weighted by Gasteiger charge is 2.24. The molecule has 2 amide bonds. The van der Waals surface area contributed by atoms with Crippen molar-refractivity contribution in [2.45, 2.75) is 24.9 Å². The van der Waals surface area contributed by atoms with Gasteiger partial charge in [-0.05, 0) is 5.56 Å². The number of nitrogens with zero attached hydrogens (tertiary/aromatic N) is 1. The summed E-state index contributed by atoms with van der Waals surface area (Å²) in [7, 11) is 3.43. The molecule has 1 aliphatic rings. The maximum absolute atomic E-state index is 12.4. The molecule has 134 valence electrons. The lowest BCUT2D eigenvalue weighted by Crippen LogP contribution is -2.49. The van der Waals surface area contributed by atoms with Gasteiger partial charge < -0.3 is 15.5 Å². The molecule has 1 aromatic rings. The van der Waals surface area contributed by atoms with Gasteiger partial charge in [0.05, 0.1) is 0 Å². The summed E-state index contributed by atoms with van der Waals surface area (Å²) >= 11 is 1.86. The number of benzene rings is 1. The van der Waals surface area contributed by atoms with Gasteiger partial charge in [0.15, 0.2) is 0 Å². The zero-order chi connectivity index (χ0) is 16.7. The predicted molar refractivity (Wildman–Crippen MR) is 102 cm³/mol. The Balaban J connectivity index is 0.00000288. The van der Waals surface area contributed by atoms with Gasteiger partial charge in [0.25, 0.3) is 0 Å². The van der Waals surface area contributed by atoms with Crippen LogP contribution < -0.4 is 10.6 Å². The summed E-state index contributed by atoms with van der Waals surface area (Å²) in [5, 5.41) is 6.26. The molecule has 0 saturated carbocycles. The fourth-order valence-corrected chi connectivity index (χ4v) is 3.54. The van der Waals surface area contributed by atoms with E-state index in [1.54, 1.807) is 14.1 Å². The lowest BCUT2D eigenvalue weighted by Gasteiger charge is -2.25. The number of hydrogen-bond donors (Lipinski definition) is 2. The molecular formula is C17H26ClN3O2S. The number of carbonyl (C=O) groups is 2. The summed E-state index contributed by atoms with van der Waals surface area (Å²) in [4.78, 5) is 26.2. The minimum atomic E-state index is -0.517. The molecule has 0 aromatic heterocycles. The van der Waals surface area contributed by atoms with Crippen molar-refractivity contribution >= 4 is 36.0 Å². The average Bonchev–Trinajstić information content (AvgIpc) is 2.55. The molecule has 24 heavy (non-hydrogen) atoms. The average molecular weight is 372 g/mol. The number of hydrogen-bond acceptors (Lipinski definition) is 4. The van der Waals surface area contributed by atoms with Crippen LogP contribution in [0.3, 0.4) is 0 Å². The topological polar surface area (TPSA) is 61.4 Å². The largest absolute Gasteiger partial charge is 0.347 e. The standard InChI is InChI=1S/C17H25N3O2S.ClH/c1-20(2)17(22)15(10-13-6-4-3-5-7-13)19-16(21)11-14-12-23-9-8-18-14;/h3-7,14-15,18H,8-12H2,1-2H3,(H,19,21);1H. The molecule has 0 bridgehead atoms. The molecule has 7 heteroatoms. The first-order chi connectivity index (χ1) is 11.1. The van der Waals surface area contributed by atoms with E-state index >= 15 is 0 Å². The molecule has 1 fully saturated rings. The highest BCUT2D eigenvalue weighted by Crippen LogP contribution is 2.11. The fourth-order valence-electron chi connectivity index (χ4n) is 2.59. The van der Waals surface area contributed by atoms with Gasteiger partial charge in [0, 0.05) is 51.0 Å². The van der Waals surface area contributed by atoms with Crippen molar-refractivity contribution in [2.24, 2.45) is 0 Å². The number of amides is 2. The second-order valence-electron chi connectivity index (χ2n) is 5.97. The van der Waals surface area contributed by atoms with Crippen LogP contribution in [0.4, 0.5) is 0 Å². The number of halogens is 1. The summed E-state index contributed by atoms with van der Waals surface area (Å²) in [6, 6.07) is 9.45. The summed E-state index contributed by atoms with van der Waals surface area (Å²) in [5.74, 6) is 1.89. The Morgan fingerprint density at radius 2 is 2.04 bits per heavy atom. The van der Waals surface area contributed by atoms with E-state index in [1.165, 1.54) is 4.90 Å². The van der Waals surface area contributed by atoms with Crippen LogP contribution in [0.15, 0.2) is 30.3 Å². The quantitative estimate of drug-likeness (QED) is 0.791. The first-order valence-electron chi connectivity index (χ1n) is 7.92. The minimum absolute atomic E-state index is 0. The van der Waals surface area contributed by atoms with Gasteiger partial charge in [0.1, 0.15) is 6.04 Å². The third-order valence-electron chi connectivity index (χ3n) is 3.79. The van der Waals surface area contributed by atoms with Crippen LogP contribution in [0.5, 0.6) is 0 Å². The molecule has 1 aliphatic heterocycles. The van der Waals surface area contributed by atoms with Gasteiger partial charge in [-0.1, -0.05) is 30.3 Å². The highest BCUT2D eigenvalue weighted by atomic mass is 35.5. The molecule has 1 heterocycles. The molecule has 0 radical (unpaired) electrons. The van der Waals surface area contributed by atoms with E-state index in [2.05, 4.69) is 10.6 Å². The molecule has 2 rings (SSSR count). The number of carbonyl (C=O) groups excluding carboxylic acids is 2. The molecule has 1 aromatic carbocycles. The Bertz CT molecular complexity index is 522. The first-order valence-corrected chi connectivity index (χ1v) is 9.07. The smallest absolute Gasteiger partial charge is 0.244 e. The molecule has 2 N–H and O–H groups in total. The minimum Gasteiger partial charge on any atom is -0.347 e. The van der Waals surface area contributed by atoms with E-state index in [0.29, 0.717) is 12.8 Å². The van der Waals surface area contributed by atoms with E-state index < -0.39 is 6.04 Å². The van der Waals surface area contributed by atoms with Crippen LogP contribution in [0, 0.1) is 0 Å². The van der Waals surface area contributed by atoms with Crippen LogP contribution in [-0.4, -0.2) is 60.9 Å². The first kappa shape index (κ1) is 20.8. The maximum Gasteiger partial charge on any atom is 0.244 e. The zero-order valence-electron chi connectivity index (χ0n) is 14.2. The van der Waals surface area contributed by atoms with Gasteiger partial charge in [0.2, 0.25) is 11.8 Å². The van der Waals surface area contributed by atoms with Crippen LogP contribution in [0.1, 0.15) is 12.0 Å². The molecule has 0 aliphatic carbocycles. The van der Waals surface area contributed by atoms with Gasteiger partial charge in [-0.3, -0.25) is 9.59 Å². The molecule has 0 spiro atoms. The third kappa shape index (κ3) is 6.71. The van der Waals surface area contributed by atoms with E-state index in [1.807, 2.05) is 42.1 Å². The Morgan fingerprint density at radius 1 is 1.33 bits per heavy atom. The lowest BCUT2D eigenvalue weighted by molar-refractivity contribution is -0.134. The van der Waals surface area contributed by atoms with Crippen molar-refractivity contribution in [3.05, 3.63) is 35.9 Å². The van der Waals surface area contributed by atoms with E-state index in [0.717, 1.165) is 23.6 Å². The predicted octanol–water partition coefficient (Wildman–Crippen LogP) is 1.32. The highest BCUT2D eigenvalue weighted by molar-refractivity contribution is 7.99. The monoisotopic (exact) mass is 371 g/mol. The van der Waals surface area contributed by atoms with Crippen molar-refractivity contribution in [2.75, 3.05) is 32.1 Å². The second-order valence-corrected chi connectivity index (χ2v) is 7.12. The van der Waals surface area contributed by atoms with Crippen molar-refractivity contribution in [3.63, 3.8) is 0 Å². The third-order valence-corrected chi connectivity index (χ3v) is 4.92. The Labute approximate surface area is 154 Å². The van der Waals surface area contributed by atoms with Gasteiger partial charge in [-0.15, -0.1) is 12.4 Å². The van der Waals surface area contributed by atoms with E-state index in [9.17, 15) is 9.59 Å². The zero-order valence-corrected chi connectivity index (χ0v) is 15.8. The SMILES string of the molecule is CN(C)C(=O)C(Cc1ccccc1)NC(=O)CC1CSCCN1.Cl. The van der Waals surface area contributed by atoms with Crippen molar-refractivity contribution < 1.29 is 9.59 Å². The van der Waals surface area contributed by atoms with E-state index in [4.69, 9.17) is 0 Å². The Kier molecular flexibility index (Phi) is 9.18. The summed E-state index contributed by atoms with van der Waals surface area (Å²) in [6.45, 7) is 0.937. The van der Waals surface area contributed by atoms with Crippen LogP contribution in [0.25, 0.3) is 0 Å². The molecule has 2 unspecified atom stereocenters. The molecule has 5 nitrogen and oxygen atoms in total. The summed E-state index contributed by atoms with van der Waals surface area (Å²) < 4.78 is 0. The molecular weight excluding hydrogens is 346 g/mol. The second kappa shape index (κ2) is 10.6. The summed E-state index contributed by atoms with van der Waals surface area (Å²) in [5.41, 5.74) is 1.04. The van der Waals surface area contributed by atoms with Crippen LogP contribution in [-0.2, 0) is 16.0 Å². The fraction of sp³-hybridized carbons (Fsp3) is 0.529. The number of likely N-dealkylation sites (N-methyl/N-ethyl adjacent to an activating group) is 1. The summed E-state index contributed by atoms with van der Waals surface area (Å²) in [6.07, 6.45) is 0.926. The van der Waals surface area contributed by atoms with Crippen molar-refractivity contribution in [1.82, 2.24) is 15.5 Å². The number of thioether (sulfide) groups is 1. The van der Waals surface area contributed by atoms with Crippen LogP contribution in [0.2, 0.25) is 0 Å². The van der Waals surface area contributed by atoms with Gasteiger partial charge in [-0.25, -0.2) is 0 Å².